The number of hydrogen-bond donors (Lipinski definition) is 1. The molecule has 1 rings (SSSR count). The molecule has 0 fully saturated rings. The zero-order chi connectivity index (χ0) is 11.4. The summed E-state index contributed by atoms with van der Waals surface area (Å²) in [5.41, 5.74) is 3.48. The van der Waals surface area contributed by atoms with Crippen molar-refractivity contribution in [3.8, 4) is 0 Å². The van der Waals surface area contributed by atoms with Crippen LogP contribution in [-0.2, 0) is 6.54 Å². The number of nitro benzene ring substituents is 1. The maximum absolute atomic E-state index is 10.7. The third-order valence-corrected chi connectivity index (χ3v) is 2.22. The van der Waals surface area contributed by atoms with Crippen LogP contribution in [0.2, 0.25) is 5.02 Å². The number of benzene rings is 1. The Morgan fingerprint density at radius 3 is 2.73 bits per heavy atom. The highest BCUT2D eigenvalue weighted by atomic mass is 35.5. The van der Waals surface area contributed by atoms with Crippen LogP contribution in [-0.4, -0.2) is 24.0 Å². The summed E-state index contributed by atoms with van der Waals surface area (Å²) < 4.78 is 0. The highest BCUT2D eigenvalue weighted by Crippen LogP contribution is 2.25. The van der Waals surface area contributed by atoms with Gasteiger partial charge in [-0.15, -0.1) is 0 Å². The lowest BCUT2D eigenvalue weighted by molar-refractivity contribution is -0.385. The van der Waals surface area contributed by atoms with Gasteiger partial charge in [0.05, 0.1) is 15.5 Å². The second-order valence-electron chi connectivity index (χ2n) is 3.22. The third-order valence-electron chi connectivity index (χ3n) is 1.86. The summed E-state index contributed by atoms with van der Waals surface area (Å²) in [6, 6.07) is 4.65. The van der Waals surface area contributed by atoms with Gasteiger partial charge >= 0.3 is 0 Å². The summed E-state index contributed by atoms with van der Waals surface area (Å²) in [7, 11) is 3.62. The Bertz CT molecular complexity index is 368. The fourth-order valence-electron chi connectivity index (χ4n) is 1.13. The summed E-state index contributed by atoms with van der Waals surface area (Å²) in [4.78, 5) is 10.3. The maximum atomic E-state index is 10.7. The van der Waals surface area contributed by atoms with Gasteiger partial charge in [-0.1, -0.05) is 17.7 Å². The highest BCUT2D eigenvalue weighted by molar-refractivity contribution is 6.31. The standard InChI is InChI=1S/C9H12ClN3O2/c1-12(2)11-6-7-8(10)4-3-5-9(7)13(14)15/h3-5,11H,6H2,1-2H3. The normalized spacial score (nSPS) is 10.7. The van der Waals surface area contributed by atoms with Crippen molar-refractivity contribution in [2.45, 2.75) is 6.54 Å². The molecule has 0 saturated heterocycles. The van der Waals surface area contributed by atoms with E-state index in [9.17, 15) is 10.1 Å². The summed E-state index contributed by atoms with van der Waals surface area (Å²) in [6.45, 7) is 0.336. The number of nitrogens with one attached hydrogen (secondary N) is 1. The second kappa shape index (κ2) is 5.06. The van der Waals surface area contributed by atoms with E-state index in [1.165, 1.54) is 6.07 Å². The Morgan fingerprint density at radius 1 is 1.53 bits per heavy atom. The van der Waals surface area contributed by atoms with Crippen molar-refractivity contribution in [3.63, 3.8) is 0 Å². The van der Waals surface area contributed by atoms with Gasteiger partial charge in [0.2, 0.25) is 0 Å². The molecule has 0 saturated carbocycles. The first-order chi connectivity index (χ1) is 7.02. The average Bonchev–Trinajstić information content (AvgIpc) is 2.15. The van der Waals surface area contributed by atoms with Crippen LogP contribution in [0.1, 0.15) is 5.56 Å². The molecule has 1 aromatic carbocycles. The van der Waals surface area contributed by atoms with Gasteiger partial charge < -0.3 is 0 Å². The predicted molar refractivity (Wildman–Crippen MR) is 58.6 cm³/mol. The average molecular weight is 230 g/mol. The summed E-state index contributed by atoms with van der Waals surface area (Å²) in [6.07, 6.45) is 0. The van der Waals surface area contributed by atoms with E-state index < -0.39 is 4.92 Å². The van der Waals surface area contributed by atoms with Crippen molar-refractivity contribution in [3.05, 3.63) is 38.9 Å². The molecule has 0 aliphatic carbocycles. The van der Waals surface area contributed by atoms with Crippen molar-refractivity contribution in [1.29, 1.82) is 0 Å². The van der Waals surface area contributed by atoms with Gasteiger partial charge in [-0.3, -0.25) is 20.5 Å². The molecule has 0 bridgehead atoms. The molecule has 0 spiro atoms. The van der Waals surface area contributed by atoms with Crippen LogP contribution in [0.25, 0.3) is 0 Å². The number of rotatable bonds is 4. The predicted octanol–water partition coefficient (Wildman–Crippen LogP) is 1.81. The number of hydrazine groups is 1. The van der Waals surface area contributed by atoms with Gasteiger partial charge in [-0.25, -0.2) is 0 Å². The number of hydrogen-bond acceptors (Lipinski definition) is 4. The fraction of sp³-hybridized carbons (Fsp3) is 0.333. The highest BCUT2D eigenvalue weighted by Gasteiger charge is 2.15. The van der Waals surface area contributed by atoms with Gasteiger partial charge in [0.15, 0.2) is 0 Å². The molecule has 82 valence electrons. The van der Waals surface area contributed by atoms with Crippen LogP contribution in [0.15, 0.2) is 18.2 Å². The molecule has 0 radical (unpaired) electrons. The summed E-state index contributed by atoms with van der Waals surface area (Å²) in [5, 5.41) is 12.8. The SMILES string of the molecule is CN(C)NCc1c(Cl)cccc1[N+](=O)[O-]. The van der Waals surface area contributed by atoms with Crippen molar-refractivity contribution in [2.75, 3.05) is 14.1 Å². The van der Waals surface area contributed by atoms with Crippen molar-refractivity contribution in [1.82, 2.24) is 10.4 Å². The first-order valence-corrected chi connectivity index (χ1v) is 4.72. The van der Waals surface area contributed by atoms with Crippen molar-refractivity contribution < 1.29 is 4.92 Å². The molecular formula is C9H12ClN3O2. The van der Waals surface area contributed by atoms with Crippen LogP contribution in [0, 0.1) is 10.1 Å². The lowest BCUT2D eigenvalue weighted by atomic mass is 10.2. The largest absolute Gasteiger partial charge is 0.275 e. The second-order valence-corrected chi connectivity index (χ2v) is 3.63. The van der Waals surface area contributed by atoms with Crippen LogP contribution in [0.5, 0.6) is 0 Å². The Kier molecular flexibility index (Phi) is 4.02. The van der Waals surface area contributed by atoms with Gasteiger partial charge in [0.25, 0.3) is 5.69 Å². The lowest BCUT2D eigenvalue weighted by Crippen LogP contribution is -2.30. The first-order valence-electron chi connectivity index (χ1n) is 4.35. The third kappa shape index (κ3) is 3.16. The zero-order valence-corrected chi connectivity index (χ0v) is 9.28. The van der Waals surface area contributed by atoms with Crippen molar-refractivity contribution in [2.24, 2.45) is 0 Å². The minimum Gasteiger partial charge on any atom is -0.258 e. The molecule has 0 unspecified atom stereocenters. The van der Waals surface area contributed by atoms with E-state index >= 15 is 0 Å². The zero-order valence-electron chi connectivity index (χ0n) is 8.53. The molecule has 0 heterocycles. The van der Waals surface area contributed by atoms with Gasteiger partial charge in [0, 0.05) is 26.7 Å². The lowest BCUT2D eigenvalue weighted by Gasteiger charge is -2.12. The quantitative estimate of drug-likeness (QED) is 0.632. The monoisotopic (exact) mass is 229 g/mol. The molecule has 6 heteroatoms. The van der Waals surface area contributed by atoms with E-state index in [-0.39, 0.29) is 5.69 Å². The molecule has 1 aromatic rings. The van der Waals surface area contributed by atoms with Gasteiger partial charge in [-0.05, 0) is 6.07 Å². The smallest absolute Gasteiger partial charge is 0.258 e. The van der Waals surface area contributed by atoms with Crippen LogP contribution in [0.4, 0.5) is 5.69 Å². The van der Waals surface area contributed by atoms with E-state index in [1.807, 2.05) is 14.1 Å². The molecule has 0 aromatic heterocycles. The molecule has 0 aliphatic rings. The van der Waals surface area contributed by atoms with E-state index in [0.29, 0.717) is 17.1 Å². The van der Waals surface area contributed by atoms with Gasteiger partial charge in [-0.2, -0.15) is 0 Å². The number of nitro groups is 1. The van der Waals surface area contributed by atoms with Gasteiger partial charge in [0.1, 0.15) is 0 Å². The Hall–Kier alpha value is -1.17. The molecule has 0 amide bonds. The Labute approximate surface area is 92.8 Å². The van der Waals surface area contributed by atoms with E-state index in [4.69, 9.17) is 11.6 Å². The maximum Gasteiger partial charge on any atom is 0.275 e. The summed E-state index contributed by atoms with van der Waals surface area (Å²) >= 11 is 5.89. The summed E-state index contributed by atoms with van der Waals surface area (Å²) in [5.74, 6) is 0. The van der Waals surface area contributed by atoms with Crippen molar-refractivity contribution >= 4 is 17.3 Å². The molecule has 5 nitrogen and oxygen atoms in total. The molecule has 1 N–H and O–H groups in total. The van der Waals surface area contributed by atoms with Crippen LogP contribution in [0.3, 0.4) is 0 Å². The minimum absolute atomic E-state index is 0.0388. The number of halogens is 1. The van der Waals surface area contributed by atoms with E-state index in [0.717, 1.165) is 0 Å². The molecule has 15 heavy (non-hydrogen) atoms. The first kappa shape index (κ1) is 11.9. The molecule has 0 aliphatic heterocycles. The Balaban J connectivity index is 2.97. The van der Waals surface area contributed by atoms with E-state index in [2.05, 4.69) is 5.43 Å². The fourth-order valence-corrected chi connectivity index (χ4v) is 1.37. The number of nitrogens with zero attached hydrogens (tertiary/aromatic N) is 2. The van der Waals surface area contributed by atoms with E-state index in [1.54, 1.807) is 17.1 Å². The topological polar surface area (TPSA) is 58.4 Å². The molecule has 0 atom stereocenters. The molecular weight excluding hydrogens is 218 g/mol. The van der Waals surface area contributed by atoms with Crippen LogP contribution < -0.4 is 5.43 Å². The van der Waals surface area contributed by atoms with Crippen LogP contribution >= 0.6 is 11.6 Å². The Morgan fingerprint density at radius 2 is 2.20 bits per heavy atom. The minimum atomic E-state index is -0.432.